The Balaban J connectivity index is 2.65. The van der Waals surface area contributed by atoms with E-state index in [0.717, 1.165) is 6.42 Å². The van der Waals surface area contributed by atoms with Crippen molar-refractivity contribution in [3.63, 3.8) is 0 Å². The van der Waals surface area contributed by atoms with Crippen molar-refractivity contribution in [1.82, 2.24) is 10.3 Å². The zero-order chi connectivity index (χ0) is 13.7. The summed E-state index contributed by atoms with van der Waals surface area (Å²) in [6.07, 6.45) is 2.06. The highest BCUT2D eigenvalue weighted by Crippen LogP contribution is 2.13. The third-order valence-electron chi connectivity index (χ3n) is 2.40. The van der Waals surface area contributed by atoms with Crippen molar-refractivity contribution >= 4 is 27.5 Å². The average molecular weight is 318 g/mol. The highest BCUT2D eigenvalue weighted by molar-refractivity contribution is 9.09. The lowest BCUT2D eigenvalue weighted by atomic mass is 10.1. The van der Waals surface area contributed by atoms with Gasteiger partial charge in [-0.25, -0.2) is 0 Å². The third-order valence-corrected chi connectivity index (χ3v) is 3.18. The molecular weight excluding hydrogens is 302 g/mol. The lowest BCUT2D eigenvalue weighted by Crippen LogP contribution is -2.37. The Morgan fingerprint density at radius 2 is 2.28 bits per heavy atom. The van der Waals surface area contributed by atoms with Crippen molar-refractivity contribution in [2.45, 2.75) is 26.3 Å². The zero-order valence-corrected chi connectivity index (χ0v) is 11.9. The molecular formula is C11H16BrN3O3. The average Bonchev–Trinajstić information content (AvgIpc) is 2.76. The van der Waals surface area contributed by atoms with Crippen LogP contribution in [0.5, 0.6) is 0 Å². The van der Waals surface area contributed by atoms with E-state index in [2.05, 4.69) is 40.1 Å². The summed E-state index contributed by atoms with van der Waals surface area (Å²) in [4.78, 5) is 24.4. The van der Waals surface area contributed by atoms with Gasteiger partial charge in [-0.15, -0.1) is 0 Å². The Morgan fingerprint density at radius 3 is 2.72 bits per heavy atom. The van der Waals surface area contributed by atoms with Crippen LogP contribution < -0.4 is 5.32 Å². The summed E-state index contributed by atoms with van der Waals surface area (Å²) in [6, 6.07) is 1.25. The van der Waals surface area contributed by atoms with Gasteiger partial charge in [0.15, 0.2) is 0 Å². The maximum atomic E-state index is 11.8. The fourth-order valence-electron chi connectivity index (χ4n) is 1.61. The first-order valence-corrected chi connectivity index (χ1v) is 6.75. The van der Waals surface area contributed by atoms with E-state index < -0.39 is 4.92 Å². The first-order valence-electron chi connectivity index (χ1n) is 5.63. The molecule has 1 aromatic heterocycles. The van der Waals surface area contributed by atoms with Gasteiger partial charge >= 0.3 is 0 Å². The lowest BCUT2D eigenvalue weighted by molar-refractivity contribution is -0.384. The maximum absolute atomic E-state index is 11.8. The van der Waals surface area contributed by atoms with Crippen LogP contribution >= 0.6 is 15.9 Å². The van der Waals surface area contributed by atoms with Crippen LogP contribution in [-0.2, 0) is 0 Å². The second-order valence-corrected chi connectivity index (χ2v) is 5.13. The molecule has 0 aromatic carbocycles. The van der Waals surface area contributed by atoms with E-state index in [-0.39, 0.29) is 23.3 Å². The van der Waals surface area contributed by atoms with Crippen LogP contribution in [0.3, 0.4) is 0 Å². The molecule has 0 fully saturated rings. The number of aromatic nitrogens is 1. The highest BCUT2D eigenvalue weighted by atomic mass is 79.9. The Morgan fingerprint density at radius 1 is 1.61 bits per heavy atom. The molecule has 1 aromatic rings. The zero-order valence-electron chi connectivity index (χ0n) is 10.3. The SMILES string of the molecule is CC(C)CC(CBr)NC(=O)c1cc([N+](=O)[O-])c[nH]1. The van der Waals surface area contributed by atoms with Gasteiger partial charge in [-0.3, -0.25) is 14.9 Å². The lowest BCUT2D eigenvalue weighted by Gasteiger charge is -2.17. The van der Waals surface area contributed by atoms with E-state index in [1.54, 1.807) is 0 Å². The first kappa shape index (κ1) is 14.7. The number of alkyl halides is 1. The molecule has 6 nitrogen and oxygen atoms in total. The Kier molecular flexibility index (Phi) is 5.33. The standard InChI is InChI=1S/C11H16BrN3O3/c1-7(2)3-8(5-12)14-11(16)10-4-9(6-13-10)15(17)18/h4,6-8,13H,3,5H2,1-2H3,(H,14,16). The molecule has 1 heterocycles. The van der Waals surface area contributed by atoms with Gasteiger partial charge in [0, 0.05) is 17.4 Å². The van der Waals surface area contributed by atoms with Gasteiger partial charge < -0.3 is 10.3 Å². The number of carbonyl (C=O) groups excluding carboxylic acids is 1. The largest absolute Gasteiger partial charge is 0.351 e. The second kappa shape index (κ2) is 6.53. The van der Waals surface area contributed by atoms with Crippen LogP contribution in [0.25, 0.3) is 0 Å². The molecule has 7 heteroatoms. The molecule has 1 atom stereocenters. The number of carbonyl (C=O) groups is 1. The summed E-state index contributed by atoms with van der Waals surface area (Å²) >= 11 is 3.34. The van der Waals surface area contributed by atoms with E-state index in [4.69, 9.17) is 0 Å². The highest BCUT2D eigenvalue weighted by Gasteiger charge is 2.18. The Labute approximate surface area is 113 Å². The van der Waals surface area contributed by atoms with Gasteiger partial charge in [0.25, 0.3) is 11.6 Å². The van der Waals surface area contributed by atoms with Gasteiger partial charge in [-0.1, -0.05) is 29.8 Å². The van der Waals surface area contributed by atoms with Crippen molar-refractivity contribution in [2.75, 3.05) is 5.33 Å². The molecule has 100 valence electrons. The number of nitrogens with zero attached hydrogens (tertiary/aromatic N) is 1. The van der Waals surface area contributed by atoms with E-state index in [9.17, 15) is 14.9 Å². The topological polar surface area (TPSA) is 88.0 Å². The van der Waals surface area contributed by atoms with E-state index in [1.807, 2.05) is 0 Å². The van der Waals surface area contributed by atoms with Crippen molar-refractivity contribution in [2.24, 2.45) is 5.92 Å². The smallest absolute Gasteiger partial charge is 0.287 e. The summed E-state index contributed by atoms with van der Waals surface area (Å²) in [5, 5.41) is 14.0. The van der Waals surface area contributed by atoms with E-state index >= 15 is 0 Å². The van der Waals surface area contributed by atoms with E-state index in [1.165, 1.54) is 12.3 Å². The van der Waals surface area contributed by atoms with Crippen LogP contribution in [0, 0.1) is 16.0 Å². The monoisotopic (exact) mass is 317 g/mol. The molecule has 2 N–H and O–H groups in total. The van der Waals surface area contributed by atoms with Gasteiger partial charge in [0.1, 0.15) is 5.69 Å². The summed E-state index contributed by atoms with van der Waals surface area (Å²) in [7, 11) is 0. The molecule has 1 amide bonds. The molecule has 0 saturated carbocycles. The quantitative estimate of drug-likeness (QED) is 0.480. The number of H-pyrrole nitrogens is 1. The number of hydrogen-bond donors (Lipinski definition) is 2. The summed E-state index contributed by atoms with van der Waals surface area (Å²) in [6.45, 7) is 4.14. The molecule has 0 saturated heterocycles. The summed E-state index contributed by atoms with van der Waals surface area (Å²) in [5.74, 6) is 0.138. The molecule has 1 rings (SSSR count). The molecule has 0 spiro atoms. The Bertz CT molecular complexity index is 431. The minimum Gasteiger partial charge on any atom is -0.351 e. The van der Waals surface area contributed by atoms with Crippen molar-refractivity contribution < 1.29 is 9.72 Å². The minimum atomic E-state index is -0.538. The van der Waals surface area contributed by atoms with Gasteiger partial charge in [-0.05, 0) is 12.3 Å². The minimum absolute atomic E-state index is 0.0138. The number of rotatable bonds is 6. The Hall–Kier alpha value is -1.37. The number of amides is 1. The predicted molar refractivity (Wildman–Crippen MR) is 72.0 cm³/mol. The number of aromatic amines is 1. The molecule has 18 heavy (non-hydrogen) atoms. The molecule has 0 radical (unpaired) electrons. The first-order chi connectivity index (χ1) is 8.43. The van der Waals surface area contributed by atoms with Crippen LogP contribution in [0.4, 0.5) is 5.69 Å². The molecule has 0 aliphatic rings. The number of nitrogens with one attached hydrogen (secondary N) is 2. The molecule has 0 aliphatic heterocycles. The van der Waals surface area contributed by atoms with Crippen LogP contribution in [0.2, 0.25) is 0 Å². The third kappa shape index (κ3) is 4.14. The van der Waals surface area contributed by atoms with Gasteiger partial charge in [0.05, 0.1) is 11.1 Å². The van der Waals surface area contributed by atoms with Crippen LogP contribution in [0.1, 0.15) is 30.8 Å². The fourth-order valence-corrected chi connectivity index (χ4v) is 2.04. The number of hydrogen-bond acceptors (Lipinski definition) is 3. The van der Waals surface area contributed by atoms with Gasteiger partial charge in [0.2, 0.25) is 0 Å². The second-order valence-electron chi connectivity index (χ2n) is 4.48. The molecule has 0 bridgehead atoms. The van der Waals surface area contributed by atoms with Crippen LogP contribution in [-0.4, -0.2) is 27.2 Å². The summed E-state index contributed by atoms with van der Waals surface area (Å²) < 4.78 is 0. The molecule has 1 unspecified atom stereocenters. The van der Waals surface area contributed by atoms with Crippen LogP contribution in [0.15, 0.2) is 12.3 Å². The summed E-state index contributed by atoms with van der Waals surface area (Å²) in [5.41, 5.74) is 0.0933. The number of halogens is 1. The van der Waals surface area contributed by atoms with Crippen molar-refractivity contribution in [1.29, 1.82) is 0 Å². The van der Waals surface area contributed by atoms with Gasteiger partial charge in [-0.2, -0.15) is 0 Å². The van der Waals surface area contributed by atoms with Crippen molar-refractivity contribution in [3.8, 4) is 0 Å². The fraction of sp³-hybridized carbons (Fsp3) is 0.545. The normalized spacial score (nSPS) is 12.4. The predicted octanol–water partition coefficient (Wildman–Crippen LogP) is 2.46. The van der Waals surface area contributed by atoms with E-state index in [0.29, 0.717) is 11.2 Å². The maximum Gasteiger partial charge on any atom is 0.287 e. The van der Waals surface area contributed by atoms with Crippen molar-refractivity contribution in [3.05, 3.63) is 28.1 Å². The molecule has 0 aliphatic carbocycles. The number of nitro groups is 1.